The lowest BCUT2D eigenvalue weighted by molar-refractivity contribution is -0.133. The van der Waals surface area contributed by atoms with Crippen molar-refractivity contribution < 1.29 is 9.59 Å². The van der Waals surface area contributed by atoms with E-state index in [-0.39, 0.29) is 16.8 Å². The van der Waals surface area contributed by atoms with Gasteiger partial charge in [-0.05, 0) is 19.9 Å². The molecule has 0 aromatic carbocycles. The number of piperazine rings is 1. The van der Waals surface area contributed by atoms with E-state index >= 15 is 0 Å². The van der Waals surface area contributed by atoms with Gasteiger partial charge in [0.25, 0.3) is 5.91 Å². The molecule has 1 aromatic rings. The van der Waals surface area contributed by atoms with E-state index in [1.165, 1.54) is 17.2 Å². The SMILES string of the molecule is CC1(C)C(=O)NCCN1C(=O)c1cnc(NN)c(Cl)c1. The molecule has 0 bridgehead atoms. The van der Waals surface area contributed by atoms with Gasteiger partial charge in [0, 0.05) is 19.3 Å². The van der Waals surface area contributed by atoms with Crippen molar-refractivity contribution in [3.05, 3.63) is 22.8 Å². The first-order valence-corrected chi connectivity index (χ1v) is 6.48. The molecule has 8 heteroatoms. The molecule has 2 rings (SSSR count). The first-order chi connectivity index (χ1) is 9.37. The Hall–Kier alpha value is -1.86. The van der Waals surface area contributed by atoms with Crippen molar-refractivity contribution >= 4 is 29.2 Å². The van der Waals surface area contributed by atoms with Gasteiger partial charge in [-0.25, -0.2) is 10.8 Å². The molecular weight excluding hydrogens is 282 g/mol. The van der Waals surface area contributed by atoms with Crippen LogP contribution < -0.4 is 16.6 Å². The fraction of sp³-hybridized carbons (Fsp3) is 0.417. The normalized spacial score (nSPS) is 17.6. The number of aromatic nitrogens is 1. The smallest absolute Gasteiger partial charge is 0.256 e. The van der Waals surface area contributed by atoms with Gasteiger partial charge in [-0.1, -0.05) is 11.6 Å². The number of nitrogens with two attached hydrogens (primary N) is 1. The lowest BCUT2D eigenvalue weighted by Gasteiger charge is -2.41. The summed E-state index contributed by atoms with van der Waals surface area (Å²) in [5.41, 5.74) is 1.74. The number of carbonyl (C=O) groups is 2. The molecule has 2 heterocycles. The molecule has 1 aliphatic rings. The molecule has 0 spiro atoms. The minimum atomic E-state index is -0.910. The zero-order valence-electron chi connectivity index (χ0n) is 11.2. The van der Waals surface area contributed by atoms with Crippen molar-refractivity contribution in [3.63, 3.8) is 0 Å². The van der Waals surface area contributed by atoms with Crippen molar-refractivity contribution in [2.75, 3.05) is 18.5 Å². The van der Waals surface area contributed by atoms with Crippen LogP contribution in [0.2, 0.25) is 5.02 Å². The molecule has 0 saturated carbocycles. The fourth-order valence-electron chi connectivity index (χ4n) is 2.07. The number of hydrazine groups is 1. The average Bonchev–Trinajstić information content (AvgIpc) is 2.41. The number of anilines is 1. The van der Waals surface area contributed by atoms with Crippen LogP contribution in [0.3, 0.4) is 0 Å². The van der Waals surface area contributed by atoms with Gasteiger partial charge in [-0.3, -0.25) is 9.59 Å². The maximum atomic E-state index is 12.5. The van der Waals surface area contributed by atoms with E-state index in [9.17, 15) is 9.59 Å². The molecule has 1 fully saturated rings. The molecule has 1 saturated heterocycles. The molecule has 108 valence electrons. The van der Waals surface area contributed by atoms with Crippen LogP contribution in [0.15, 0.2) is 12.3 Å². The van der Waals surface area contributed by atoms with Gasteiger partial charge in [-0.15, -0.1) is 0 Å². The van der Waals surface area contributed by atoms with Crippen LogP contribution in [0.5, 0.6) is 0 Å². The third-order valence-corrected chi connectivity index (χ3v) is 3.61. The van der Waals surface area contributed by atoms with Gasteiger partial charge in [0.2, 0.25) is 5.91 Å². The third kappa shape index (κ3) is 2.41. The minimum absolute atomic E-state index is 0.184. The van der Waals surface area contributed by atoms with Crippen LogP contribution in [0.25, 0.3) is 0 Å². The van der Waals surface area contributed by atoms with Gasteiger partial charge in [0.15, 0.2) is 5.82 Å². The second-order valence-electron chi connectivity index (χ2n) is 4.97. The van der Waals surface area contributed by atoms with Gasteiger partial charge in [0.05, 0.1) is 10.6 Å². The van der Waals surface area contributed by atoms with E-state index in [4.69, 9.17) is 17.4 Å². The zero-order valence-corrected chi connectivity index (χ0v) is 12.0. The number of halogens is 1. The third-order valence-electron chi connectivity index (χ3n) is 3.32. The maximum Gasteiger partial charge on any atom is 0.256 e. The standard InChI is InChI=1S/C12H16ClN5O2/c1-12(2)11(20)15-3-4-18(12)10(19)7-5-8(13)9(17-14)16-6-7/h5-6H,3-4,14H2,1-2H3,(H,15,20)(H,16,17). The topological polar surface area (TPSA) is 100 Å². The largest absolute Gasteiger partial charge is 0.352 e. The molecule has 20 heavy (non-hydrogen) atoms. The molecule has 1 aromatic heterocycles. The number of hydrogen-bond acceptors (Lipinski definition) is 5. The number of nitrogen functional groups attached to an aromatic ring is 1. The summed E-state index contributed by atoms with van der Waals surface area (Å²) >= 11 is 5.96. The highest BCUT2D eigenvalue weighted by Crippen LogP contribution is 2.24. The highest BCUT2D eigenvalue weighted by atomic mass is 35.5. The minimum Gasteiger partial charge on any atom is -0.352 e. The lowest BCUT2D eigenvalue weighted by Crippen LogP contribution is -2.63. The van der Waals surface area contributed by atoms with Gasteiger partial charge in [-0.2, -0.15) is 0 Å². The van der Waals surface area contributed by atoms with E-state index in [0.717, 1.165) is 0 Å². The second kappa shape index (κ2) is 5.26. The zero-order chi connectivity index (χ0) is 14.9. The first kappa shape index (κ1) is 14.5. The van der Waals surface area contributed by atoms with Gasteiger partial charge in [0.1, 0.15) is 5.54 Å². The Bertz CT molecular complexity index is 561. The molecule has 1 aliphatic heterocycles. The summed E-state index contributed by atoms with van der Waals surface area (Å²) in [7, 11) is 0. The van der Waals surface area contributed by atoms with E-state index in [2.05, 4.69) is 15.7 Å². The van der Waals surface area contributed by atoms with Crippen LogP contribution in [-0.2, 0) is 4.79 Å². The molecule has 2 amide bonds. The molecule has 4 N–H and O–H groups in total. The Morgan fingerprint density at radius 2 is 2.30 bits per heavy atom. The maximum absolute atomic E-state index is 12.5. The van der Waals surface area contributed by atoms with E-state index < -0.39 is 5.54 Å². The van der Waals surface area contributed by atoms with Crippen molar-refractivity contribution in [1.29, 1.82) is 0 Å². The lowest BCUT2D eigenvalue weighted by atomic mass is 9.98. The van der Waals surface area contributed by atoms with Gasteiger partial charge < -0.3 is 15.6 Å². The summed E-state index contributed by atoms with van der Waals surface area (Å²) in [6.45, 7) is 4.26. The van der Waals surface area contributed by atoms with Crippen LogP contribution in [0, 0.1) is 0 Å². The average molecular weight is 298 g/mol. The molecule has 0 aliphatic carbocycles. The second-order valence-corrected chi connectivity index (χ2v) is 5.38. The van der Waals surface area contributed by atoms with Crippen LogP contribution in [0.4, 0.5) is 5.82 Å². The van der Waals surface area contributed by atoms with Crippen LogP contribution >= 0.6 is 11.6 Å². The summed E-state index contributed by atoms with van der Waals surface area (Å²) in [4.78, 5) is 29.8. The highest BCUT2D eigenvalue weighted by molar-refractivity contribution is 6.33. The van der Waals surface area contributed by atoms with E-state index in [1.54, 1.807) is 13.8 Å². The summed E-state index contributed by atoms with van der Waals surface area (Å²) in [6.07, 6.45) is 1.38. The monoisotopic (exact) mass is 297 g/mol. The fourth-order valence-corrected chi connectivity index (χ4v) is 2.29. The van der Waals surface area contributed by atoms with Crippen molar-refractivity contribution in [3.8, 4) is 0 Å². The molecule has 7 nitrogen and oxygen atoms in total. The first-order valence-electron chi connectivity index (χ1n) is 6.10. The number of nitrogens with zero attached hydrogens (tertiary/aromatic N) is 2. The van der Waals surface area contributed by atoms with Crippen LogP contribution in [0.1, 0.15) is 24.2 Å². The number of carbonyl (C=O) groups excluding carboxylic acids is 2. The Morgan fingerprint density at radius 3 is 2.90 bits per heavy atom. The van der Waals surface area contributed by atoms with Crippen molar-refractivity contribution in [2.24, 2.45) is 5.84 Å². The Kier molecular flexibility index (Phi) is 3.82. The summed E-state index contributed by atoms with van der Waals surface area (Å²) in [5, 5.41) is 2.98. The molecule has 0 unspecified atom stereocenters. The van der Waals surface area contributed by atoms with Crippen molar-refractivity contribution in [1.82, 2.24) is 15.2 Å². The number of rotatable bonds is 2. The number of pyridine rings is 1. The molecule has 0 radical (unpaired) electrons. The number of amides is 2. The Morgan fingerprint density at radius 1 is 1.60 bits per heavy atom. The summed E-state index contributed by atoms with van der Waals surface area (Å²) in [5.74, 6) is 5.05. The van der Waals surface area contributed by atoms with Gasteiger partial charge >= 0.3 is 0 Å². The molecule has 0 atom stereocenters. The predicted octanol–water partition coefficient (Wildman–Crippen LogP) is 0.371. The number of nitrogens with one attached hydrogen (secondary N) is 2. The summed E-state index contributed by atoms with van der Waals surface area (Å²) in [6, 6.07) is 1.48. The summed E-state index contributed by atoms with van der Waals surface area (Å²) < 4.78 is 0. The highest BCUT2D eigenvalue weighted by Gasteiger charge is 2.40. The Balaban J connectivity index is 2.31. The van der Waals surface area contributed by atoms with E-state index in [0.29, 0.717) is 24.5 Å². The Labute approximate surface area is 121 Å². The van der Waals surface area contributed by atoms with E-state index in [1.807, 2.05) is 0 Å². The predicted molar refractivity (Wildman–Crippen MR) is 75.2 cm³/mol. The number of hydrogen-bond donors (Lipinski definition) is 3. The van der Waals surface area contributed by atoms with Crippen LogP contribution in [-0.4, -0.2) is 40.3 Å². The van der Waals surface area contributed by atoms with Crippen molar-refractivity contribution in [2.45, 2.75) is 19.4 Å². The quantitative estimate of drug-likeness (QED) is 0.541. The molecular formula is C12H16ClN5O2.